The minimum atomic E-state index is -3.72. The molecule has 2 N–H and O–H groups in total. The number of aryl methyl sites for hydroxylation is 1. The topological polar surface area (TPSA) is 93.6 Å². The molecule has 1 aromatic heterocycles. The van der Waals surface area contributed by atoms with Crippen molar-refractivity contribution in [3.05, 3.63) is 53.5 Å². The zero-order valence-electron chi connectivity index (χ0n) is 12.6. The third-order valence-corrected chi connectivity index (χ3v) is 4.58. The predicted molar refractivity (Wildman–Crippen MR) is 81.8 cm³/mol. The minimum absolute atomic E-state index is 0.0410. The lowest BCUT2D eigenvalue weighted by molar-refractivity contribution is 0.0709. The summed E-state index contributed by atoms with van der Waals surface area (Å²) in [6, 6.07) is 7.63. The van der Waals surface area contributed by atoms with E-state index in [1.807, 2.05) is 6.92 Å². The van der Waals surface area contributed by atoms with Gasteiger partial charge in [-0.2, -0.15) is 0 Å². The normalized spacial score (nSPS) is 12.9. The van der Waals surface area contributed by atoms with E-state index in [4.69, 9.17) is 9.56 Å². The van der Waals surface area contributed by atoms with Crippen LogP contribution in [0.2, 0.25) is 0 Å². The molecule has 0 bridgehead atoms. The second-order valence-electron chi connectivity index (χ2n) is 5.14. The van der Waals surface area contributed by atoms with E-state index in [1.165, 1.54) is 23.3 Å². The number of benzene rings is 1. The van der Waals surface area contributed by atoms with Crippen LogP contribution in [0.4, 0.5) is 0 Å². The molecule has 22 heavy (non-hydrogen) atoms. The van der Waals surface area contributed by atoms with Gasteiger partial charge in [0.15, 0.2) is 5.76 Å². The van der Waals surface area contributed by atoms with E-state index in [9.17, 15) is 13.2 Å². The van der Waals surface area contributed by atoms with Gasteiger partial charge in [-0.25, -0.2) is 13.6 Å². The first kappa shape index (κ1) is 16.3. The van der Waals surface area contributed by atoms with E-state index in [-0.39, 0.29) is 16.8 Å². The second kappa shape index (κ2) is 5.94. The van der Waals surface area contributed by atoms with Crippen LogP contribution < -0.4 is 5.14 Å². The van der Waals surface area contributed by atoms with Crippen molar-refractivity contribution in [1.29, 1.82) is 0 Å². The fraction of sp³-hybridized carbons (Fsp3) is 0.267. The number of carbonyl (C=O) groups excluding carboxylic acids is 1. The van der Waals surface area contributed by atoms with Gasteiger partial charge in [0.25, 0.3) is 5.91 Å². The molecule has 118 valence electrons. The zero-order chi connectivity index (χ0) is 16.5. The average Bonchev–Trinajstić information content (AvgIpc) is 2.90. The Morgan fingerprint density at radius 3 is 2.27 bits per heavy atom. The number of hydrogen-bond donors (Lipinski definition) is 1. The van der Waals surface area contributed by atoms with Crippen molar-refractivity contribution in [3.8, 4) is 0 Å². The van der Waals surface area contributed by atoms with Crippen LogP contribution in [0.15, 0.2) is 45.9 Å². The molecule has 0 saturated carbocycles. The molecule has 7 heteroatoms. The molecule has 1 unspecified atom stereocenters. The van der Waals surface area contributed by atoms with Crippen LogP contribution >= 0.6 is 0 Å². The van der Waals surface area contributed by atoms with E-state index in [0.29, 0.717) is 5.76 Å². The maximum Gasteiger partial charge on any atom is 0.290 e. The number of carbonyl (C=O) groups is 1. The maximum absolute atomic E-state index is 12.4. The Labute approximate surface area is 129 Å². The third kappa shape index (κ3) is 3.20. The number of sulfonamides is 1. The lowest BCUT2D eigenvalue weighted by Gasteiger charge is -2.24. The van der Waals surface area contributed by atoms with Gasteiger partial charge >= 0.3 is 0 Å². The summed E-state index contributed by atoms with van der Waals surface area (Å²) in [5.41, 5.74) is 1.57. The molecule has 0 fully saturated rings. The van der Waals surface area contributed by atoms with Crippen molar-refractivity contribution in [2.45, 2.75) is 24.8 Å². The highest BCUT2D eigenvalue weighted by atomic mass is 32.2. The molecular formula is C15H18N2O4S. The van der Waals surface area contributed by atoms with Crippen molar-refractivity contribution < 1.29 is 17.6 Å². The monoisotopic (exact) mass is 322 g/mol. The number of nitrogens with two attached hydrogens (primary N) is 1. The summed E-state index contributed by atoms with van der Waals surface area (Å²) < 4.78 is 27.7. The fourth-order valence-electron chi connectivity index (χ4n) is 2.09. The van der Waals surface area contributed by atoms with Crippen molar-refractivity contribution in [2.24, 2.45) is 5.14 Å². The third-order valence-electron chi connectivity index (χ3n) is 3.65. The van der Waals surface area contributed by atoms with Crippen LogP contribution in [0.3, 0.4) is 0 Å². The van der Waals surface area contributed by atoms with Crippen molar-refractivity contribution in [1.82, 2.24) is 4.90 Å². The maximum atomic E-state index is 12.4. The van der Waals surface area contributed by atoms with Gasteiger partial charge in [0.05, 0.1) is 17.2 Å². The number of rotatable bonds is 4. The number of furan rings is 1. The molecule has 0 spiro atoms. The molecule has 2 aromatic rings. The summed E-state index contributed by atoms with van der Waals surface area (Å²) >= 11 is 0. The smallest absolute Gasteiger partial charge is 0.290 e. The SMILES string of the molecule is Cc1ccoc1C(=O)N(C)C(C)c1ccc(S(N)(=O)=O)cc1. The molecule has 0 saturated heterocycles. The van der Waals surface area contributed by atoms with Gasteiger partial charge in [-0.1, -0.05) is 12.1 Å². The molecule has 1 aromatic carbocycles. The van der Waals surface area contributed by atoms with Gasteiger partial charge in [-0.3, -0.25) is 4.79 Å². The van der Waals surface area contributed by atoms with E-state index < -0.39 is 10.0 Å². The highest BCUT2D eigenvalue weighted by molar-refractivity contribution is 7.89. The van der Waals surface area contributed by atoms with Crippen molar-refractivity contribution in [3.63, 3.8) is 0 Å². The van der Waals surface area contributed by atoms with E-state index in [2.05, 4.69) is 0 Å². The second-order valence-corrected chi connectivity index (χ2v) is 6.70. The Morgan fingerprint density at radius 1 is 1.23 bits per heavy atom. The van der Waals surface area contributed by atoms with Gasteiger partial charge < -0.3 is 9.32 Å². The highest BCUT2D eigenvalue weighted by Gasteiger charge is 2.23. The Morgan fingerprint density at radius 2 is 1.82 bits per heavy atom. The van der Waals surface area contributed by atoms with E-state index in [1.54, 1.807) is 32.2 Å². The first-order chi connectivity index (χ1) is 10.2. The quantitative estimate of drug-likeness (QED) is 0.932. The molecular weight excluding hydrogens is 304 g/mol. The van der Waals surface area contributed by atoms with Gasteiger partial charge in [-0.05, 0) is 37.6 Å². The Bertz CT molecular complexity index is 778. The van der Waals surface area contributed by atoms with Crippen molar-refractivity contribution >= 4 is 15.9 Å². The lowest BCUT2D eigenvalue weighted by atomic mass is 10.1. The van der Waals surface area contributed by atoms with Gasteiger partial charge in [0.1, 0.15) is 0 Å². The molecule has 1 amide bonds. The molecule has 0 aliphatic carbocycles. The van der Waals surface area contributed by atoms with E-state index in [0.717, 1.165) is 11.1 Å². The van der Waals surface area contributed by atoms with Crippen LogP contribution in [-0.2, 0) is 10.0 Å². The highest BCUT2D eigenvalue weighted by Crippen LogP contribution is 2.23. The molecule has 0 aliphatic rings. The lowest BCUT2D eigenvalue weighted by Crippen LogP contribution is -2.29. The molecule has 1 atom stereocenters. The Hall–Kier alpha value is -2.12. The summed E-state index contributed by atoms with van der Waals surface area (Å²) in [6.07, 6.45) is 1.47. The summed E-state index contributed by atoms with van der Waals surface area (Å²) in [6.45, 7) is 3.65. The average molecular weight is 322 g/mol. The molecule has 0 aliphatic heterocycles. The van der Waals surface area contributed by atoms with Crippen LogP contribution in [0.1, 0.15) is 34.6 Å². The van der Waals surface area contributed by atoms with Crippen LogP contribution in [-0.4, -0.2) is 26.3 Å². The van der Waals surface area contributed by atoms with Gasteiger partial charge in [0.2, 0.25) is 10.0 Å². The molecule has 6 nitrogen and oxygen atoms in total. The first-order valence-corrected chi connectivity index (χ1v) is 8.20. The largest absolute Gasteiger partial charge is 0.459 e. The fourth-order valence-corrected chi connectivity index (χ4v) is 2.60. The van der Waals surface area contributed by atoms with Crippen LogP contribution in [0, 0.1) is 6.92 Å². The standard InChI is InChI=1S/C15H18N2O4S/c1-10-8-9-21-14(10)15(18)17(3)11(2)12-4-6-13(7-5-12)22(16,19)20/h4-9,11H,1-3H3,(H2,16,19,20). The van der Waals surface area contributed by atoms with Crippen molar-refractivity contribution in [2.75, 3.05) is 7.05 Å². The predicted octanol–water partition coefficient (Wildman–Crippen LogP) is 2.07. The number of primary sulfonamides is 1. The number of hydrogen-bond acceptors (Lipinski definition) is 4. The Kier molecular flexibility index (Phi) is 4.39. The summed E-state index contributed by atoms with van der Waals surface area (Å²) in [4.78, 5) is 14.0. The van der Waals surface area contributed by atoms with E-state index >= 15 is 0 Å². The Balaban J connectivity index is 2.22. The van der Waals surface area contributed by atoms with Gasteiger partial charge in [0, 0.05) is 12.6 Å². The minimum Gasteiger partial charge on any atom is -0.459 e. The summed E-state index contributed by atoms with van der Waals surface area (Å²) in [5, 5.41) is 5.07. The van der Waals surface area contributed by atoms with Crippen LogP contribution in [0.5, 0.6) is 0 Å². The summed E-state index contributed by atoms with van der Waals surface area (Å²) in [7, 11) is -2.05. The zero-order valence-corrected chi connectivity index (χ0v) is 13.4. The molecule has 1 heterocycles. The van der Waals surface area contributed by atoms with Crippen LogP contribution in [0.25, 0.3) is 0 Å². The number of nitrogens with zero attached hydrogens (tertiary/aromatic N) is 1. The first-order valence-electron chi connectivity index (χ1n) is 6.66. The molecule has 0 radical (unpaired) electrons. The summed E-state index contributed by atoms with van der Waals surface area (Å²) in [5.74, 6) is 0.0704. The van der Waals surface area contributed by atoms with Gasteiger partial charge in [-0.15, -0.1) is 0 Å². The molecule has 2 rings (SSSR count). The number of amides is 1.